The number of hydrogen-bond acceptors (Lipinski definition) is 2. The van der Waals surface area contributed by atoms with E-state index in [-0.39, 0.29) is 5.91 Å². The highest BCUT2D eigenvalue weighted by Crippen LogP contribution is 2.37. The number of carbonyl (C=O) groups is 1. The molecule has 0 saturated heterocycles. The van der Waals surface area contributed by atoms with Crippen molar-refractivity contribution in [3.05, 3.63) is 22.4 Å². The summed E-state index contributed by atoms with van der Waals surface area (Å²) >= 11 is 3.44. The summed E-state index contributed by atoms with van der Waals surface area (Å²) in [6.45, 7) is 4.26. The second kappa shape index (κ2) is 7.10. The molecule has 0 spiro atoms. The Labute approximate surface area is 122 Å². The van der Waals surface area contributed by atoms with Crippen LogP contribution in [0.2, 0.25) is 0 Å². The van der Waals surface area contributed by atoms with Crippen LogP contribution in [0.25, 0.3) is 0 Å². The Hall–Kier alpha value is -0.810. The minimum absolute atomic E-state index is 0.00749. The molecule has 1 saturated carbocycles. The maximum Gasteiger partial charge on any atom is 0.267 e. The molecule has 4 nitrogen and oxygen atoms in total. The molecule has 1 aliphatic rings. The van der Waals surface area contributed by atoms with Crippen LogP contribution in [0, 0.1) is 0 Å². The van der Waals surface area contributed by atoms with E-state index in [1.807, 2.05) is 12.3 Å². The van der Waals surface area contributed by atoms with Crippen LogP contribution < -0.4 is 5.32 Å². The van der Waals surface area contributed by atoms with Gasteiger partial charge in [-0.2, -0.15) is 0 Å². The van der Waals surface area contributed by atoms with Gasteiger partial charge in [-0.25, -0.2) is 0 Å². The van der Waals surface area contributed by atoms with Gasteiger partial charge in [0, 0.05) is 36.5 Å². The van der Waals surface area contributed by atoms with E-state index < -0.39 is 0 Å². The molecule has 0 aromatic carbocycles. The number of nitrogens with zero attached hydrogens (tertiary/aromatic N) is 1. The fraction of sp³-hybridized carbons (Fsp3) is 0.643. The lowest BCUT2D eigenvalue weighted by Gasteiger charge is -2.08. The molecule has 106 valence electrons. The van der Waals surface area contributed by atoms with E-state index in [0.29, 0.717) is 19.2 Å². The molecule has 1 N–H and O–H groups in total. The van der Waals surface area contributed by atoms with Gasteiger partial charge in [-0.05, 0) is 47.7 Å². The van der Waals surface area contributed by atoms with Gasteiger partial charge in [0.2, 0.25) is 0 Å². The number of aromatic nitrogens is 1. The average Bonchev–Trinajstić information content (AvgIpc) is 3.16. The van der Waals surface area contributed by atoms with E-state index in [9.17, 15) is 4.79 Å². The van der Waals surface area contributed by atoms with Gasteiger partial charge in [-0.3, -0.25) is 4.79 Å². The van der Waals surface area contributed by atoms with Crippen LogP contribution >= 0.6 is 15.9 Å². The Morgan fingerprint density at radius 3 is 3.00 bits per heavy atom. The zero-order chi connectivity index (χ0) is 13.7. The lowest BCUT2D eigenvalue weighted by atomic mass is 10.3. The van der Waals surface area contributed by atoms with Crippen molar-refractivity contribution in [3.8, 4) is 0 Å². The molecule has 1 amide bonds. The summed E-state index contributed by atoms with van der Waals surface area (Å²) in [5.74, 6) is 0.00749. The molecule has 0 radical (unpaired) electrons. The number of ether oxygens (including phenoxy) is 1. The summed E-state index contributed by atoms with van der Waals surface area (Å²) in [5.41, 5.74) is 0.754. The van der Waals surface area contributed by atoms with E-state index >= 15 is 0 Å². The Bertz CT molecular complexity index is 427. The van der Waals surface area contributed by atoms with Gasteiger partial charge < -0.3 is 14.6 Å². The van der Waals surface area contributed by atoms with Crippen molar-refractivity contribution in [3.63, 3.8) is 0 Å². The van der Waals surface area contributed by atoms with Crippen molar-refractivity contribution >= 4 is 21.8 Å². The van der Waals surface area contributed by atoms with Gasteiger partial charge in [0.05, 0.1) is 0 Å². The highest BCUT2D eigenvalue weighted by atomic mass is 79.9. The molecule has 0 unspecified atom stereocenters. The quantitative estimate of drug-likeness (QED) is 0.745. The normalized spacial score (nSPS) is 14.6. The van der Waals surface area contributed by atoms with Crippen molar-refractivity contribution in [1.29, 1.82) is 0 Å². The minimum atomic E-state index is 0.00749. The van der Waals surface area contributed by atoms with Crippen LogP contribution in [0.4, 0.5) is 0 Å². The fourth-order valence-electron chi connectivity index (χ4n) is 2.00. The predicted molar refractivity (Wildman–Crippen MR) is 78.5 cm³/mol. The molecule has 1 aliphatic carbocycles. The molecule has 1 fully saturated rings. The van der Waals surface area contributed by atoms with E-state index in [1.165, 1.54) is 12.8 Å². The van der Waals surface area contributed by atoms with Crippen LogP contribution in [0.3, 0.4) is 0 Å². The third-order valence-corrected chi connectivity index (χ3v) is 3.52. The van der Waals surface area contributed by atoms with Crippen LogP contribution in [0.15, 0.2) is 16.7 Å². The van der Waals surface area contributed by atoms with Gasteiger partial charge in [0.15, 0.2) is 0 Å². The van der Waals surface area contributed by atoms with E-state index in [4.69, 9.17) is 4.74 Å². The van der Waals surface area contributed by atoms with Gasteiger partial charge in [-0.1, -0.05) is 6.92 Å². The van der Waals surface area contributed by atoms with Gasteiger partial charge in [-0.15, -0.1) is 0 Å². The average molecular weight is 329 g/mol. The molecule has 1 heterocycles. The number of nitrogens with one attached hydrogen (secondary N) is 1. The summed E-state index contributed by atoms with van der Waals surface area (Å²) in [6, 6.07) is 2.40. The maximum atomic E-state index is 12.1. The third kappa shape index (κ3) is 4.35. The summed E-state index contributed by atoms with van der Waals surface area (Å²) in [7, 11) is 0. The van der Waals surface area contributed by atoms with Gasteiger partial charge in [0.25, 0.3) is 5.91 Å². The molecule has 1 aromatic rings. The minimum Gasteiger partial charge on any atom is -0.381 e. The SMILES string of the molecule is CCCOCCCNC(=O)c1cc(Br)cn1C1CC1. The number of halogens is 1. The standard InChI is InChI=1S/C14H21BrN2O2/c1-2-7-19-8-3-6-16-14(18)13-9-11(15)10-17(13)12-4-5-12/h9-10,12H,2-8H2,1H3,(H,16,18). The molecule has 0 bridgehead atoms. The number of amides is 1. The van der Waals surface area contributed by atoms with Crippen molar-refractivity contribution in [2.45, 2.75) is 38.6 Å². The fourth-order valence-corrected chi connectivity index (χ4v) is 2.43. The molecular weight excluding hydrogens is 308 g/mol. The Morgan fingerprint density at radius 2 is 2.32 bits per heavy atom. The second-order valence-corrected chi connectivity index (χ2v) is 5.82. The third-order valence-electron chi connectivity index (χ3n) is 3.09. The van der Waals surface area contributed by atoms with Crippen molar-refractivity contribution in [2.24, 2.45) is 0 Å². The zero-order valence-electron chi connectivity index (χ0n) is 11.3. The summed E-state index contributed by atoms with van der Waals surface area (Å²) in [4.78, 5) is 12.1. The highest BCUT2D eigenvalue weighted by Gasteiger charge is 2.27. The molecular formula is C14H21BrN2O2. The van der Waals surface area contributed by atoms with E-state index in [1.54, 1.807) is 0 Å². The van der Waals surface area contributed by atoms with Crippen LogP contribution in [0.1, 0.15) is 49.1 Å². The van der Waals surface area contributed by atoms with E-state index in [0.717, 1.165) is 29.6 Å². The van der Waals surface area contributed by atoms with Gasteiger partial charge >= 0.3 is 0 Å². The second-order valence-electron chi connectivity index (χ2n) is 4.90. The Kier molecular flexibility index (Phi) is 5.45. The molecule has 0 atom stereocenters. The van der Waals surface area contributed by atoms with Crippen molar-refractivity contribution in [1.82, 2.24) is 9.88 Å². The van der Waals surface area contributed by atoms with Crippen LogP contribution in [-0.4, -0.2) is 30.2 Å². The first-order valence-electron chi connectivity index (χ1n) is 6.95. The predicted octanol–water partition coefficient (Wildman–Crippen LogP) is 3.13. The first kappa shape index (κ1) is 14.6. The highest BCUT2D eigenvalue weighted by molar-refractivity contribution is 9.10. The monoisotopic (exact) mass is 328 g/mol. The topological polar surface area (TPSA) is 43.3 Å². The molecule has 2 rings (SSSR count). The first-order chi connectivity index (χ1) is 9.22. The number of carbonyl (C=O) groups excluding carboxylic acids is 1. The molecule has 0 aliphatic heterocycles. The van der Waals surface area contributed by atoms with Crippen molar-refractivity contribution in [2.75, 3.05) is 19.8 Å². The summed E-state index contributed by atoms with van der Waals surface area (Å²) < 4.78 is 8.43. The van der Waals surface area contributed by atoms with Gasteiger partial charge in [0.1, 0.15) is 5.69 Å². The Morgan fingerprint density at radius 1 is 1.53 bits per heavy atom. The Balaban J connectivity index is 1.76. The number of hydrogen-bond donors (Lipinski definition) is 1. The van der Waals surface area contributed by atoms with E-state index in [2.05, 4.69) is 32.7 Å². The lowest BCUT2D eigenvalue weighted by Crippen LogP contribution is -2.27. The lowest BCUT2D eigenvalue weighted by molar-refractivity contribution is 0.0932. The first-order valence-corrected chi connectivity index (χ1v) is 7.75. The molecule has 19 heavy (non-hydrogen) atoms. The number of rotatable bonds is 8. The molecule has 5 heteroatoms. The van der Waals surface area contributed by atoms with Crippen LogP contribution in [0.5, 0.6) is 0 Å². The smallest absolute Gasteiger partial charge is 0.267 e. The maximum absolute atomic E-state index is 12.1. The largest absolute Gasteiger partial charge is 0.381 e. The zero-order valence-corrected chi connectivity index (χ0v) is 12.9. The van der Waals surface area contributed by atoms with Crippen LogP contribution in [-0.2, 0) is 4.74 Å². The van der Waals surface area contributed by atoms with Crippen molar-refractivity contribution < 1.29 is 9.53 Å². The summed E-state index contributed by atoms with van der Waals surface area (Å²) in [6.07, 6.45) is 6.24. The summed E-state index contributed by atoms with van der Waals surface area (Å²) in [5, 5.41) is 2.95. The molecule has 1 aromatic heterocycles.